The predicted octanol–water partition coefficient (Wildman–Crippen LogP) is 3.15. The lowest BCUT2D eigenvalue weighted by molar-refractivity contribution is 0.201. The van der Waals surface area contributed by atoms with Gasteiger partial charge in [0.2, 0.25) is 0 Å². The second-order valence-corrected chi connectivity index (χ2v) is 7.35. The van der Waals surface area contributed by atoms with E-state index in [2.05, 4.69) is 20.0 Å². The Hall–Kier alpha value is -3.78. The highest BCUT2D eigenvalue weighted by molar-refractivity contribution is 5.99. The van der Waals surface area contributed by atoms with Gasteiger partial charge in [-0.15, -0.1) is 0 Å². The molecule has 1 amide bonds. The Kier molecular flexibility index (Phi) is 5.05. The molecule has 5 rings (SSSR count). The Balaban J connectivity index is 1.59. The largest absolute Gasteiger partial charge is 0.412 e. The predicted molar refractivity (Wildman–Crippen MR) is 118 cm³/mol. The molecular formula is C23H22N6O2. The van der Waals surface area contributed by atoms with Crippen molar-refractivity contribution in [2.45, 2.75) is 19.4 Å². The summed E-state index contributed by atoms with van der Waals surface area (Å²) in [6.07, 6.45) is 5.08. The van der Waals surface area contributed by atoms with Gasteiger partial charge in [-0.25, -0.2) is 4.79 Å². The van der Waals surface area contributed by atoms with Gasteiger partial charge >= 0.3 is 6.09 Å². The molecular weight excluding hydrogens is 392 g/mol. The molecule has 0 atom stereocenters. The van der Waals surface area contributed by atoms with E-state index in [-0.39, 0.29) is 0 Å². The molecule has 4 aromatic rings. The van der Waals surface area contributed by atoms with Crippen molar-refractivity contribution in [3.63, 3.8) is 0 Å². The summed E-state index contributed by atoms with van der Waals surface area (Å²) in [4.78, 5) is 20.9. The Morgan fingerprint density at radius 1 is 1.16 bits per heavy atom. The van der Waals surface area contributed by atoms with Gasteiger partial charge in [-0.05, 0) is 48.7 Å². The summed E-state index contributed by atoms with van der Waals surface area (Å²) < 4.78 is 7.44. The first kappa shape index (κ1) is 19.2. The minimum Gasteiger partial charge on any atom is -0.410 e. The molecule has 0 aliphatic carbocycles. The zero-order valence-electron chi connectivity index (χ0n) is 16.9. The molecule has 1 aromatic carbocycles. The molecule has 3 N–H and O–H groups in total. The van der Waals surface area contributed by atoms with Crippen LogP contribution in [-0.4, -0.2) is 38.9 Å². The van der Waals surface area contributed by atoms with Crippen LogP contribution in [0.4, 0.5) is 4.79 Å². The molecule has 156 valence electrons. The number of fused-ring (bicyclic) bond motifs is 2. The molecule has 4 heterocycles. The van der Waals surface area contributed by atoms with E-state index in [4.69, 9.17) is 15.6 Å². The molecule has 31 heavy (non-hydrogen) atoms. The highest BCUT2D eigenvalue weighted by Crippen LogP contribution is 2.40. The van der Waals surface area contributed by atoms with E-state index in [1.807, 2.05) is 30.3 Å². The van der Waals surface area contributed by atoms with Crippen molar-refractivity contribution in [3.05, 3.63) is 60.6 Å². The molecule has 0 bridgehead atoms. The van der Waals surface area contributed by atoms with Crippen LogP contribution >= 0.6 is 0 Å². The Morgan fingerprint density at radius 2 is 2.10 bits per heavy atom. The summed E-state index contributed by atoms with van der Waals surface area (Å²) >= 11 is 0. The number of nitrogens with two attached hydrogens (primary N) is 1. The van der Waals surface area contributed by atoms with E-state index in [0.717, 1.165) is 52.8 Å². The fraction of sp³-hybridized carbons (Fsp3) is 0.217. The summed E-state index contributed by atoms with van der Waals surface area (Å²) in [5.74, 6) is 0.428. The van der Waals surface area contributed by atoms with Crippen molar-refractivity contribution in [3.8, 4) is 28.3 Å². The number of aromatic nitrogens is 4. The van der Waals surface area contributed by atoms with Gasteiger partial charge in [-0.3, -0.25) is 14.6 Å². The number of aryl methyl sites for hydroxylation is 1. The maximum absolute atomic E-state index is 11.9. The highest BCUT2D eigenvalue weighted by Gasteiger charge is 2.25. The number of nitrogens with zero attached hydrogens (tertiary/aromatic N) is 4. The van der Waals surface area contributed by atoms with E-state index in [1.54, 1.807) is 24.5 Å². The van der Waals surface area contributed by atoms with Gasteiger partial charge in [0.15, 0.2) is 0 Å². The first-order valence-corrected chi connectivity index (χ1v) is 10.3. The number of amides is 1. The van der Waals surface area contributed by atoms with Crippen LogP contribution < -0.4 is 15.8 Å². The van der Waals surface area contributed by atoms with Crippen LogP contribution in [0.1, 0.15) is 12.1 Å². The van der Waals surface area contributed by atoms with E-state index in [9.17, 15) is 4.79 Å². The highest BCUT2D eigenvalue weighted by atomic mass is 16.6. The standard InChI is InChI=1S/C23H22N6O2/c24-9-12-27-23(30)31-15-6-7-16-17(8-11-26-19(16)14-15)21-20-5-3-13-29(20)28-22(21)18-4-1-2-10-25-18/h1-2,4,6-8,10-11,14H,3,5,9,12-13,24H2,(H,27,30). The number of pyridine rings is 2. The van der Waals surface area contributed by atoms with Crippen LogP contribution in [0.3, 0.4) is 0 Å². The van der Waals surface area contributed by atoms with Crippen molar-refractivity contribution >= 4 is 17.0 Å². The Bertz CT molecular complexity index is 1250. The van der Waals surface area contributed by atoms with Gasteiger partial charge < -0.3 is 15.8 Å². The normalized spacial score (nSPS) is 12.7. The van der Waals surface area contributed by atoms with Gasteiger partial charge in [0.25, 0.3) is 0 Å². The van der Waals surface area contributed by atoms with Crippen LogP contribution in [0.5, 0.6) is 5.75 Å². The molecule has 1 aliphatic rings. The van der Waals surface area contributed by atoms with E-state index >= 15 is 0 Å². The summed E-state index contributed by atoms with van der Waals surface area (Å²) in [5.41, 5.74) is 11.2. The monoisotopic (exact) mass is 414 g/mol. The van der Waals surface area contributed by atoms with E-state index in [1.165, 1.54) is 5.69 Å². The molecule has 0 fully saturated rings. The average Bonchev–Trinajstić information content (AvgIpc) is 3.39. The fourth-order valence-corrected chi connectivity index (χ4v) is 4.02. The lowest BCUT2D eigenvalue weighted by Crippen LogP contribution is -2.31. The minimum absolute atomic E-state index is 0.354. The van der Waals surface area contributed by atoms with Crippen molar-refractivity contribution < 1.29 is 9.53 Å². The number of nitrogens with one attached hydrogen (secondary N) is 1. The average molecular weight is 414 g/mol. The first-order valence-electron chi connectivity index (χ1n) is 10.3. The van der Waals surface area contributed by atoms with Crippen molar-refractivity contribution in [1.29, 1.82) is 0 Å². The second-order valence-electron chi connectivity index (χ2n) is 7.35. The smallest absolute Gasteiger partial charge is 0.410 e. The van der Waals surface area contributed by atoms with Gasteiger partial charge in [0.05, 0.1) is 11.2 Å². The molecule has 8 nitrogen and oxygen atoms in total. The molecule has 8 heteroatoms. The lowest BCUT2D eigenvalue weighted by Gasteiger charge is -2.10. The van der Waals surface area contributed by atoms with Crippen LogP contribution in [0.15, 0.2) is 54.9 Å². The summed E-state index contributed by atoms with van der Waals surface area (Å²) in [6.45, 7) is 1.62. The number of hydrogen-bond acceptors (Lipinski definition) is 6. The summed E-state index contributed by atoms with van der Waals surface area (Å²) in [5, 5.41) is 8.44. The zero-order valence-corrected chi connectivity index (χ0v) is 16.9. The third-order valence-electron chi connectivity index (χ3n) is 5.36. The van der Waals surface area contributed by atoms with Crippen LogP contribution in [0.2, 0.25) is 0 Å². The fourth-order valence-electron chi connectivity index (χ4n) is 4.02. The van der Waals surface area contributed by atoms with Gasteiger partial charge in [0.1, 0.15) is 11.4 Å². The van der Waals surface area contributed by atoms with Crippen LogP contribution in [0.25, 0.3) is 33.4 Å². The number of carbonyl (C=O) groups is 1. The molecule has 1 aliphatic heterocycles. The molecule has 0 saturated carbocycles. The summed E-state index contributed by atoms with van der Waals surface area (Å²) in [7, 11) is 0. The van der Waals surface area contributed by atoms with Gasteiger partial charge in [-0.1, -0.05) is 6.07 Å². The second kappa shape index (κ2) is 8.16. The zero-order chi connectivity index (χ0) is 21.2. The maximum Gasteiger partial charge on any atom is 0.412 e. The Morgan fingerprint density at radius 3 is 2.94 bits per heavy atom. The lowest BCUT2D eigenvalue weighted by atomic mass is 9.96. The molecule has 3 aromatic heterocycles. The number of rotatable bonds is 5. The van der Waals surface area contributed by atoms with Crippen molar-refractivity contribution in [2.75, 3.05) is 13.1 Å². The van der Waals surface area contributed by atoms with Crippen molar-refractivity contribution in [2.24, 2.45) is 5.73 Å². The van der Waals surface area contributed by atoms with E-state index in [0.29, 0.717) is 18.8 Å². The number of carbonyl (C=O) groups excluding carboxylic acids is 1. The SMILES string of the molecule is NCCNC(=O)Oc1ccc2c(-c3c(-c4ccccn4)nn4c3CCC4)ccnc2c1. The minimum atomic E-state index is -0.534. The number of benzene rings is 1. The first-order chi connectivity index (χ1) is 15.2. The molecule has 0 radical (unpaired) electrons. The number of ether oxygens (including phenoxy) is 1. The molecule has 0 spiro atoms. The summed E-state index contributed by atoms with van der Waals surface area (Å²) in [6, 6.07) is 13.4. The van der Waals surface area contributed by atoms with E-state index < -0.39 is 6.09 Å². The number of hydrogen-bond donors (Lipinski definition) is 2. The third-order valence-corrected chi connectivity index (χ3v) is 5.36. The topological polar surface area (TPSA) is 108 Å². The maximum atomic E-state index is 11.9. The Labute approximate surface area is 179 Å². The van der Waals surface area contributed by atoms with Crippen molar-refractivity contribution in [1.82, 2.24) is 25.1 Å². The quantitative estimate of drug-likeness (QED) is 0.519. The van der Waals surface area contributed by atoms with Crippen LogP contribution in [-0.2, 0) is 13.0 Å². The molecule has 0 unspecified atom stereocenters. The van der Waals surface area contributed by atoms with Gasteiger partial charge in [0, 0.05) is 54.7 Å². The van der Waals surface area contributed by atoms with Crippen LogP contribution in [0, 0.1) is 0 Å². The molecule has 0 saturated heterocycles. The van der Waals surface area contributed by atoms with Gasteiger partial charge in [-0.2, -0.15) is 5.10 Å². The third kappa shape index (κ3) is 3.62.